The lowest BCUT2D eigenvalue weighted by molar-refractivity contribution is -0.162. The Balaban J connectivity index is 5.01. The largest absolute Gasteiger partial charge is 0.469 e. The zero-order valence-electron chi connectivity index (χ0n) is 11.2. The maximum Gasteiger partial charge on any atom is 0.320 e. The third-order valence-electron chi connectivity index (χ3n) is 2.70. The van der Waals surface area contributed by atoms with Crippen molar-refractivity contribution in [1.29, 1.82) is 0 Å². The molecule has 0 N–H and O–H groups in total. The van der Waals surface area contributed by atoms with E-state index in [0.717, 1.165) is 6.42 Å². The minimum atomic E-state index is -1.08. The number of hydrogen-bond donors (Lipinski definition) is 0. The summed E-state index contributed by atoms with van der Waals surface area (Å²) in [5.41, 5.74) is 0. The normalized spacial score (nSPS) is 11.8. The molecule has 0 aromatic heterocycles. The second kappa shape index (κ2) is 8.49. The quantitative estimate of drug-likeness (QED) is 0.385. The summed E-state index contributed by atoms with van der Waals surface area (Å²) in [6.45, 7) is 1.90. The highest BCUT2D eigenvalue weighted by Crippen LogP contribution is 2.24. The predicted octanol–water partition coefficient (Wildman–Crippen LogP) is 0.928. The van der Waals surface area contributed by atoms with Crippen LogP contribution in [0.25, 0.3) is 0 Å². The second-order valence-corrected chi connectivity index (χ2v) is 3.85. The number of carbonyl (C=O) groups excluding carboxylic acids is 3. The molecule has 104 valence electrons. The van der Waals surface area contributed by atoms with Crippen LogP contribution in [-0.4, -0.2) is 39.2 Å². The maximum absolute atomic E-state index is 11.6. The summed E-state index contributed by atoms with van der Waals surface area (Å²) in [6, 6.07) is 0. The predicted molar refractivity (Wildman–Crippen MR) is 62.6 cm³/mol. The van der Waals surface area contributed by atoms with E-state index in [1.54, 1.807) is 0 Å². The molecule has 1 unspecified atom stereocenters. The van der Waals surface area contributed by atoms with Gasteiger partial charge in [-0.05, 0) is 12.3 Å². The highest BCUT2D eigenvalue weighted by molar-refractivity contribution is 5.95. The Kier molecular flexibility index (Phi) is 7.74. The average molecular weight is 260 g/mol. The summed E-state index contributed by atoms with van der Waals surface area (Å²) in [7, 11) is 3.65. The zero-order valence-corrected chi connectivity index (χ0v) is 11.2. The van der Waals surface area contributed by atoms with E-state index in [2.05, 4.69) is 14.2 Å². The molecule has 0 heterocycles. The molecule has 0 amide bonds. The first-order chi connectivity index (χ1) is 8.51. The van der Waals surface area contributed by atoms with Gasteiger partial charge < -0.3 is 14.2 Å². The van der Waals surface area contributed by atoms with E-state index in [-0.39, 0.29) is 6.42 Å². The first kappa shape index (κ1) is 16.4. The number of hydrogen-bond acceptors (Lipinski definition) is 6. The van der Waals surface area contributed by atoms with Gasteiger partial charge in [0.15, 0.2) is 5.92 Å². The van der Waals surface area contributed by atoms with Crippen molar-refractivity contribution >= 4 is 17.9 Å². The summed E-state index contributed by atoms with van der Waals surface area (Å²) in [5, 5.41) is 0. The summed E-state index contributed by atoms with van der Waals surface area (Å²) >= 11 is 0. The van der Waals surface area contributed by atoms with Crippen molar-refractivity contribution in [1.82, 2.24) is 0 Å². The van der Waals surface area contributed by atoms with E-state index >= 15 is 0 Å². The van der Waals surface area contributed by atoms with Gasteiger partial charge in [-0.1, -0.05) is 13.3 Å². The number of methoxy groups -OCH3 is 3. The number of esters is 3. The molecular weight excluding hydrogens is 240 g/mol. The molecule has 1 atom stereocenters. The van der Waals surface area contributed by atoms with Crippen LogP contribution in [0.4, 0.5) is 0 Å². The molecule has 0 saturated heterocycles. The minimum absolute atomic E-state index is 0.0147. The van der Waals surface area contributed by atoms with E-state index in [1.807, 2.05) is 6.92 Å². The molecule has 0 aliphatic rings. The molecule has 0 aliphatic heterocycles. The third-order valence-corrected chi connectivity index (χ3v) is 2.70. The lowest BCUT2D eigenvalue weighted by atomic mass is 9.86. The van der Waals surface area contributed by atoms with Crippen molar-refractivity contribution in [2.75, 3.05) is 21.3 Å². The van der Waals surface area contributed by atoms with Gasteiger partial charge in [-0.2, -0.15) is 0 Å². The molecule has 0 radical (unpaired) electrons. The number of ether oxygens (including phenoxy) is 3. The van der Waals surface area contributed by atoms with Crippen LogP contribution in [0, 0.1) is 11.8 Å². The molecule has 0 aromatic carbocycles. The van der Waals surface area contributed by atoms with E-state index in [9.17, 15) is 14.4 Å². The van der Waals surface area contributed by atoms with E-state index in [1.165, 1.54) is 21.3 Å². The Labute approximate surface area is 107 Å². The highest BCUT2D eigenvalue weighted by atomic mass is 16.5. The van der Waals surface area contributed by atoms with Crippen LogP contribution < -0.4 is 0 Å². The van der Waals surface area contributed by atoms with Gasteiger partial charge in [-0.3, -0.25) is 14.4 Å². The Morgan fingerprint density at radius 2 is 1.44 bits per heavy atom. The Hall–Kier alpha value is -1.59. The van der Waals surface area contributed by atoms with Crippen LogP contribution in [0.3, 0.4) is 0 Å². The van der Waals surface area contributed by atoms with Crippen molar-refractivity contribution < 1.29 is 28.6 Å². The van der Waals surface area contributed by atoms with Crippen LogP contribution in [0.15, 0.2) is 0 Å². The lowest BCUT2D eigenvalue weighted by Gasteiger charge is -2.21. The Morgan fingerprint density at radius 3 is 1.78 bits per heavy atom. The molecule has 0 fully saturated rings. The van der Waals surface area contributed by atoms with Crippen LogP contribution in [0.1, 0.15) is 26.2 Å². The minimum Gasteiger partial charge on any atom is -0.469 e. The molecule has 0 saturated carbocycles. The molecule has 0 bridgehead atoms. The highest BCUT2D eigenvalue weighted by Gasteiger charge is 2.37. The monoisotopic (exact) mass is 260 g/mol. The first-order valence-electron chi connectivity index (χ1n) is 5.74. The van der Waals surface area contributed by atoms with Gasteiger partial charge in [0, 0.05) is 6.42 Å². The molecule has 18 heavy (non-hydrogen) atoms. The molecule has 0 rings (SSSR count). The summed E-state index contributed by atoms with van der Waals surface area (Å²) < 4.78 is 13.7. The number of rotatable bonds is 7. The van der Waals surface area contributed by atoms with Crippen molar-refractivity contribution in [3.05, 3.63) is 0 Å². The lowest BCUT2D eigenvalue weighted by Crippen LogP contribution is -2.34. The smallest absolute Gasteiger partial charge is 0.320 e. The molecule has 6 nitrogen and oxygen atoms in total. The standard InChI is InChI=1S/C12H20O6/c1-5-6-8(7-9(13)16-2)10(11(14)17-3)12(15)18-4/h8,10H,5-7H2,1-4H3. The second-order valence-electron chi connectivity index (χ2n) is 3.85. The van der Waals surface area contributed by atoms with Crippen molar-refractivity contribution in [2.24, 2.45) is 11.8 Å². The molecule has 6 heteroatoms. The van der Waals surface area contributed by atoms with Crippen molar-refractivity contribution in [3.63, 3.8) is 0 Å². The van der Waals surface area contributed by atoms with E-state index < -0.39 is 29.7 Å². The fraction of sp³-hybridized carbons (Fsp3) is 0.750. The van der Waals surface area contributed by atoms with E-state index in [0.29, 0.717) is 6.42 Å². The average Bonchev–Trinajstić information content (AvgIpc) is 2.38. The third kappa shape index (κ3) is 4.73. The topological polar surface area (TPSA) is 78.9 Å². The van der Waals surface area contributed by atoms with Crippen molar-refractivity contribution in [2.45, 2.75) is 26.2 Å². The zero-order chi connectivity index (χ0) is 14.1. The van der Waals surface area contributed by atoms with Crippen LogP contribution >= 0.6 is 0 Å². The van der Waals surface area contributed by atoms with E-state index in [4.69, 9.17) is 0 Å². The van der Waals surface area contributed by atoms with Gasteiger partial charge in [0.05, 0.1) is 21.3 Å². The maximum atomic E-state index is 11.6. The molecule has 0 spiro atoms. The SMILES string of the molecule is CCCC(CC(=O)OC)C(C(=O)OC)C(=O)OC. The summed E-state index contributed by atoms with van der Waals surface area (Å²) in [4.78, 5) is 34.5. The van der Waals surface area contributed by atoms with Crippen LogP contribution in [0.2, 0.25) is 0 Å². The molecule has 0 aromatic rings. The Morgan fingerprint density at radius 1 is 0.944 bits per heavy atom. The summed E-state index contributed by atoms with van der Waals surface area (Å²) in [5.74, 6) is -3.40. The van der Waals surface area contributed by atoms with Gasteiger partial charge >= 0.3 is 17.9 Å². The Bertz CT molecular complexity index is 283. The van der Waals surface area contributed by atoms with Gasteiger partial charge in [0.2, 0.25) is 0 Å². The molecular formula is C12H20O6. The molecule has 0 aliphatic carbocycles. The van der Waals surface area contributed by atoms with Gasteiger partial charge in [0.1, 0.15) is 0 Å². The number of carbonyl (C=O) groups is 3. The van der Waals surface area contributed by atoms with Crippen molar-refractivity contribution in [3.8, 4) is 0 Å². The summed E-state index contributed by atoms with van der Waals surface area (Å²) in [6.07, 6.45) is 1.25. The van der Waals surface area contributed by atoms with Gasteiger partial charge in [-0.15, -0.1) is 0 Å². The van der Waals surface area contributed by atoms with Gasteiger partial charge in [0.25, 0.3) is 0 Å². The first-order valence-corrected chi connectivity index (χ1v) is 5.74. The van der Waals surface area contributed by atoms with Gasteiger partial charge in [-0.25, -0.2) is 0 Å². The fourth-order valence-electron chi connectivity index (χ4n) is 1.79. The van der Waals surface area contributed by atoms with Crippen LogP contribution in [-0.2, 0) is 28.6 Å². The fourth-order valence-corrected chi connectivity index (χ4v) is 1.79. The van der Waals surface area contributed by atoms with Crippen LogP contribution in [0.5, 0.6) is 0 Å².